The molecule has 0 radical (unpaired) electrons. The van der Waals surface area contributed by atoms with Crippen molar-refractivity contribution in [3.05, 3.63) is 29.1 Å². The number of hydrogen-bond acceptors (Lipinski definition) is 2. The molecule has 0 aromatic carbocycles. The van der Waals surface area contributed by atoms with E-state index >= 15 is 0 Å². The summed E-state index contributed by atoms with van der Waals surface area (Å²) in [4.78, 5) is 0. The SMILES string of the molecule is CCNC(C1=CCCCCCC1)c1cc(C)nn1CC. The van der Waals surface area contributed by atoms with Crippen LogP contribution in [0.15, 0.2) is 17.7 Å². The molecule has 0 spiro atoms. The van der Waals surface area contributed by atoms with Gasteiger partial charge in [-0.2, -0.15) is 5.10 Å². The molecule has 1 aliphatic carbocycles. The van der Waals surface area contributed by atoms with Crippen LogP contribution in [-0.4, -0.2) is 16.3 Å². The predicted molar refractivity (Wildman–Crippen MR) is 84.8 cm³/mol. The minimum Gasteiger partial charge on any atom is -0.306 e. The fraction of sp³-hybridized carbons (Fsp3) is 0.706. The highest BCUT2D eigenvalue weighted by molar-refractivity contribution is 5.25. The van der Waals surface area contributed by atoms with Gasteiger partial charge in [-0.15, -0.1) is 0 Å². The van der Waals surface area contributed by atoms with Gasteiger partial charge in [-0.3, -0.25) is 4.68 Å². The van der Waals surface area contributed by atoms with E-state index < -0.39 is 0 Å². The van der Waals surface area contributed by atoms with E-state index in [0.29, 0.717) is 6.04 Å². The molecule has 0 saturated carbocycles. The van der Waals surface area contributed by atoms with E-state index in [4.69, 9.17) is 0 Å². The van der Waals surface area contributed by atoms with Gasteiger partial charge in [0.15, 0.2) is 0 Å². The van der Waals surface area contributed by atoms with E-state index in [-0.39, 0.29) is 0 Å². The minimum absolute atomic E-state index is 0.347. The van der Waals surface area contributed by atoms with Crippen molar-refractivity contribution in [3.63, 3.8) is 0 Å². The Hall–Kier alpha value is -1.09. The van der Waals surface area contributed by atoms with Gasteiger partial charge in [0.05, 0.1) is 17.4 Å². The smallest absolute Gasteiger partial charge is 0.0707 e. The van der Waals surface area contributed by atoms with Crippen LogP contribution in [-0.2, 0) is 6.54 Å². The summed E-state index contributed by atoms with van der Waals surface area (Å²) in [5.74, 6) is 0. The Labute approximate surface area is 123 Å². The number of nitrogens with one attached hydrogen (secondary N) is 1. The molecule has 1 heterocycles. The van der Waals surface area contributed by atoms with Gasteiger partial charge >= 0.3 is 0 Å². The van der Waals surface area contributed by atoms with Crippen molar-refractivity contribution in [1.82, 2.24) is 15.1 Å². The molecule has 0 fully saturated rings. The molecule has 1 aliphatic rings. The van der Waals surface area contributed by atoms with E-state index in [0.717, 1.165) is 18.8 Å². The monoisotopic (exact) mass is 275 g/mol. The van der Waals surface area contributed by atoms with Crippen molar-refractivity contribution < 1.29 is 0 Å². The van der Waals surface area contributed by atoms with Gasteiger partial charge in [0, 0.05) is 6.54 Å². The van der Waals surface area contributed by atoms with E-state index in [1.54, 1.807) is 5.57 Å². The zero-order chi connectivity index (χ0) is 14.4. The molecule has 2 rings (SSSR count). The van der Waals surface area contributed by atoms with E-state index in [2.05, 4.69) is 48.0 Å². The average molecular weight is 275 g/mol. The zero-order valence-electron chi connectivity index (χ0n) is 13.3. The van der Waals surface area contributed by atoms with Gasteiger partial charge in [-0.1, -0.05) is 31.4 Å². The Morgan fingerprint density at radius 1 is 1.25 bits per heavy atom. The number of likely N-dealkylation sites (N-methyl/N-ethyl adjacent to an activating group) is 1. The highest BCUT2D eigenvalue weighted by Gasteiger charge is 2.20. The molecule has 112 valence electrons. The van der Waals surface area contributed by atoms with Crippen molar-refractivity contribution in [2.75, 3.05) is 6.54 Å². The highest BCUT2D eigenvalue weighted by atomic mass is 15.3. The minimum atomic E-state index is 0.347. The highest BCUT2D eigenvalue weighted by Crippen LogP contribution is 2.29. The second-order valence-electron chi connectivity index (χ2n) is 5.75. The second kappa shape index (κ2) is 7.63. The number of allylic oxidation sites excluding steroid dienone is 1. The van der Waals surface area contributed by atoms with Crippen LogP contribution < -0.4 is 5.32 Å². The fourth-order valence-electron chi connectivity index (χ4n) is 3.16. The molecule has 1 atom stereocenters. The summed E-state index contributed by atoms with van der Waals surface area (Å²) in [6.45, 7) is 8.39. The molecule has 1 N–H and O–H groups in total. The van der Waals surface area contributed by atoms with E-state index in [9.17, 15) is 0 Å². The number of nitrogens with zero attached hydrogens (tertiary/aromatic N) is 2. The Morgan fingerprint density at radius 3 is 2.80 bits per heavy atom. The van der Waals surface area contributed by atoms with Gasteiger partial charge in [-0.05, 0) is 52.1 Å². The second-order valence-corrected chi connectivity index (χ2v) is 5.75. The first-order valence-electron chi connectivity index (χ1n) is 8.23. The molecule has 1 unspecified atom stereocenters. The first-order chi connectivity index (χ1) is 9.76. The fourth-order valence-corrected chi connectivity index (χ4v) is 3.16. The molecule has 20 heavy (non-hydrogen) atoms. The quantitative estimate of drug-likeness (QED) is 0.818. The maximum atomic E-state index is 4.62. The number of aryl methyl sites for hydroxylation is 2. The zero-order valence-corrected chi connectivity index (χ0v) is 13.3. The van der Waals surface area contributed by atoms with Gasteiger partial charge in [0.2, 0.25) is 0 Å². The lowest BCUT2D eigenvalue weighted by Gasteiger charge is -2.24. The Morgan fingerprint density at radius 2 is 2.05 bits per heavy atom. The topological polar surface area (TPSA) is 29.9 Å². The number of hydrogen-bond donors (Lipinski definition) is 1. The first kappa shape index (κ1) is 15.3. The van der Waals surface area contributed by atoms with Crippen molar-refractivity contribution in [2.24, 2.45) is 0 Å². The average Bonchev–Trinajstić information content (AvgIpc) is 2.77. The molecular formula is C17H29N3. The molecule has 0 saturated heterocycles. The van der Waals surface area contributed by atoms with Crippen LogP contribution in [0.1, 0.15) is 69.8 Å². The summed E-state index contributed by atoms with van der Waals surface area (Å²) in [7, 11) is 0. The van der Waals surface area contributed by atoms with Gasteiger partial charge < -0.3 is 5.32 Å². The Bertz CT molecular complexity index is 445. The Balaban J connectivity index is 2.28. The van der Waals surface area contributed by atoms with Crippen molar-refractivity contribution >= 4 is 0 Å². The maximum absolute atomic E-state index is 4.62. The standard InChI is InChI=1S/C17H29N3/c1-4-18-17(15-11-9-7-6-8-10-12-15)16-13-14(3)19-20(16)5-2/h11,13,17-18H,4-10,12H2,1-3H3. The third-order valence-electron chi connectivity index (χ3n) is 4.13. The summed E-state index contributed by atoms with van der Waals surface area (Å²) in [5.41, 5.74) is 4.02. The van der Waals surface area contributed by atoms with E-state index in [1.165, 1.54) is 44.2 Å². The van der Waals surface area contributed by atoms with Crippen LogP contribution in [0, 0.1) is 6.92 Å². The summed E-state index contributed by atoms with van der Waals surface area (Å²) in [6.07, 6.45) is 10.4. The number of aromatic nitrogens is 2. The molecule has 1 aromatic rings. The molecule has 0 bridgehead atoms. The summed E-state index contributed by atoms with van der Waals surface area (Å²) < 4.78 is 2.16. The lowest BCUT2D eigenvalue weighted by atomic mass is 9.93. The summed E-state index contributed by atoms with van der Waals surface area (Å²) >= 11 is 0. The molecule has 0 amide bonds. The summed E-state index contributed by atoms with van der Waals surface area (Å²) in [5, 5.41) is 8.29. The van der Waals surface area contributed by atoms with Crippen molar-refractivity contribution in [3.8, 4) is 0 Å². The Kier molecular flexibility index (Phi) is 5.84. The largest absolute Gasteiger partial charge is 0.306 e. The molecule has 0 aliphatic heterocycles. The van der Waals surface area contributed by atoms with Crippen LogP contribution in [0.5, 0.6) is 0 Å². The molecular weight excluding hydrogens is 246 g/mol. The van der Waals surface area contributed by atoms with Crippen LogP contribution in [0.3, 0.4) is 0 Å². The molecule has 3 nitrogen and oxygen atoms in total. The lowest BCUT2D eigenvalue weighted by Crippen LogP contribution is -2.26. The third-order valence-corrected chi connectivity index (χ3v) is 4.13. The maximum Gasteiger partial charge on any atom is 0.0707 e. The van der Waals surface area contributed by atoms with Crippen molar-refractivity contribution in [2.45, 2.75) is 71.9 Å². The van der Waals surface area contributed by atoms with Crippen molar-refractivity contribution in [1.29, 1.82) is 0 Å². The van der Waals surface area contributed by atoms with Gasteiger partial charge in [0.25, 0.3) is 0 Å². The lowest BCUT2D eigenvalue weighted by molar-refractivity contribution is 0.508. The molecule has 1 aromatic heterocycles. The molecule has 3 heteroatoms. The van der Waals surface area contributed by atoms with Crippen LogP contribution in [0.25, 0.3) is 0 Å². The normalized spacial score (nSPS) is 18.2. The van der Waals surface area contributed by atoms with Crippen LogP contribution >= 0.6 is 0 Å². The number of rotatable bonds is 5. The van der Waals surface area contributed by atoms with Crippen LogP contribution in [0.4, 0.5) is 0 Å². The summed E-state index contributed by atoms with van der Waals surface area (Å²) in [6, 6.07) is 2.59. The van der Waals surface area contributed by atoms with Gasteiger partial charge in [-0.25, -0.2) is 0 Å². The predicted octanol–water partition coefficient (Wildman–Crippen LogP) is 4.14. The van der Waals surface area contributed by atoms with Gasteiger partial charge in [0.1, 0.15) is 0 Å². The third kappa shape index (κ3) is 3.72. The van der Waals surface area contributed by atoms with E-state index in [1.807, 2.05) is 0 Å². The van der Waals surface area contributed by atoms with Crippen LogP contribution in [0.2, 0.25) is 0 Å². The first-order valence-corrected chi connectivity index (χ1v) is 8.23.